The van der Waals surface area contributed by atoms with E-state index >= 15 is 0 Å². The predicted octanol–water partition coefficient (Wildman–Crippen LogP) is 2.58. The van der Waals surface area contributed by atoms with Crippen LogP contribution in [-0.4, -0.2) is 48.1 Å². The number of hydrogen-bond donors (Lipinski definition) is 2. The Kier molecular flexibility index (Phi) is 6.71. The van der Waals surface area contributed by atoms with Crippen molar-refractivity contribution in [3.8, 4) is 0 Å². The maximum absolute atomic E-state index is 4.32. The minimum atomic E-state index is 0.245. The molecule has 0 spiro atoms. The molecule has 106 valence electrons. The number of guanidine groups is 1. The maximum Gasteiger partial charge on any atom is 0.191 e. The van der Waals surface area contributed by atoms with Crippen LogP contribution in [0.25, 0.3) is 0 Å². The van der Waals surface area contributed by atoms with Crippen molar-refractivity contribution in [2.75, 3.05) is 26.1 Å². The Morgan fingerprint density at radius 1 is 1.33 bits per heavy atom. The van der Waals surface area contributed by atoms with E-state index in [1.165, 1.54) is 19.3 Å². The van der Waals surface area contributed by atoms with Crippen LogP contribution < -0.4 is 10.6 Å². The van der Waals surface area contributed by atoms with E-state index < -0.39 is 0 Å². The Labute approximate surface area is 120 Å². The Morgan fingerprint density at radius 3 is 2.56 bits per heavy atom. The van der Waals surface area contributed by atoms with Crippen molar-refractivity contribution in [2.24, 2.45) is 4.99 Å². The molecule has 1 saturated carbocycles. The minimum Gasteiger partial charge on any atom is -0.355 e. The second kappa shape index (κ2) is 7.53. The Morgan fingerprint density at radius 2 is 2.06 bits per heavy atom. The molecule has 2 atom stereocenters. The van der Waals surface area contributed by atoms with Gasteiger partial charge in [-0.2, -0.15) is 23.5 Å². The van der Waals surface area contributed by atoms with Crippen molar-refractivity contribution >= 4 is 29.5 Å². The highest BCUT2D eigenvalue weighted by molar-refractivity contribution is 8.00. The second-order valence-corrected chi connectivity index (χ2v) is 8.05. The monoisotopic (exact) mass is 289 g/mol. The van der Waals surface area contributed by atoms with E-state index in [1.54, 1.807) is 0 Å². The largest absolute Gasteiger partial charge is 0.355 e. The fraction of sp³-hybridized carbons (Fsp3) is 0.923. The average molecular weight is 290 g/mol. The molecule has 2 unspecified atom stereocenters. The minimum absolute atomic E-state index is 0.245. The van der Waals surface area contributed by atoms with E-state index in [9.17, 15) is 0 Å². The zero-order valence-corrected chi connectivity index (χ0v) is 13.9. The van der Waals surface area contributed by atoms with E-state index in [-0.39, 0.29) is 4.75 Å². The van der Waals surface area contributed by atoms with Gasteiger partial charge in [-0.1, -0.05) is 0 Å². The molecule has 0 radical (unpaired) electrons. The van der Waals surface area contributed by atoms with Crippen LogP contribution in [0.15, 0.2) is 4.99 Å². The molecule has 0 amide bonds. The maximum atomic E-state index is 4.32. The number of nitrogens with one attached hydrogen (secondary N) is 2. The number of rotatable bonds is 5. The zero-order chi connectivity index (χ0) is 13.6. The molecule has 0 bridgehead atoms. The van der Waals surface area contributed by atoms with Crippen LogP contribution in [0.4, 0.5) is 0 Å². The van der Waals surface area contributed by atoms with Gasteiger partial charge in [0.15, 0.2) is 5.96 Å². The molecule has 1 aliphatic rings. The fourth-order valence-corrected chi connectivity index (χ4v) is 3.06. The molecule has 3 nitrogen and oxygen atoms in total. The third-order valence-electron chi connectivity index (χ3n) is 3.52. The fourth-order valence-electron chi connectivity index (χ4n) is 2.04. The van der Waals surface area contributed by atoms with E-state index in [0.717, 1.165) is 17.8 Å². The lowest BCUT2D eigenvalue weighted by Crippen LogP contribution is -2.46. The van der Waals surface area contributed by atoms with E-state index in [0.29, 0.717) is 6.04 Å². The topological polar surface area (TPSA) is 36.4 Å². The number of aliphatic imine (C=N–C) groups is 1. The van der Waals surface area contributed by atoms with Gasteiger partial charge in [-0.25, -0.2) is 0 Å². The van der Waals surface area contributed by atoms with Gasteiger partial charge in [0.2, 0.25) is 0 Å². The van der Waals surface area contributed by atoms with Crippen molar-refractivity contribution in [3.63, 3.8) is 0 Å². The van der Waals surface area contributed by atoms with E-state index in [4.69, 9.17) is 0 Å². The van der Waals surface area contributed by atoms with Gasteiger partial charge in [0.25, 0.3) is 0 Å². The highest BCUT2D eigenvalue weighted by atomic mass is 32.2. The molecule has 1 rings (SSSR count). The molecule has 0 aliphatic heterocycles. The Bertz CT molecular complexity index is 279. The lowest BCUT2D eigenvalue weighted by atomic mass is 10.2. The first-order valence-electron chi connectivity index (χ1n) is 6.56. The smallest absolute Gasteiger partial charge is 0.191 e. The normalized spacial score (nSPS) is 25.3. The van der Waals surface area contributed by atoms with E-state index in [2.05, 4.69) is 42.0 Å². The first kappa shape index (κ1) is 16.0. The quantitative estimate of drug-likeness (QED) is 0.602. The van der Waals surface area contributed by atoms with Gasteiger partial charge in [-0.3, -0.25) is 4.99 Å². The van der Waals surface area contributed by atoms with Gasteiger partial charge in [-0.15, -0.1) is 0 Å². The molecule has 1 aliphatic carbocycles. The molecule has 1 fully saturated rings. The summed E-state index contributed by atoms with van der Waals surface area (Å²) in [5.74, 6) is 0.948. The Balaban J connectivity index is 2.35. The van der Waals surface area contributed by atoms with Crippen molar-refractivity contribution < 1.29 is 0 Å². The van der Waals surface area contributed by atoms with Crippen LogP contribution in [0.3, 0.4) is 0 Å². The van der Waals surface area contributed by atoms with Crippen LogP contribution in [0.5, 0.6) is 0 Å². The van der Waals surface area contributed by atoms with Crippen LogP contribution in [0.2, 0.25) is 0 Å². The van der Waals surface area contributed by atoms with Gasteiger partial charge in [-0.05, 0) is 45.6 Å². The lowest BCUT2D eigenvalue weighted by molar-refractivity contribution is 0.600. The van der Waals surface area contributed by atoms with Gasteiger partial charge in [0.05, 0.1) is 0 Å². The summed E-state index contributed by atoms with van der Waals surface area (Å²) in [5.41, 5.74) is 0. The molecule has 0 heterocycles. The summed E-state index contributed by atoms with van der Waals surface area (Å²) in [6, 6.07) is 0.589. The first-order chi connectivity index (χ1) is 8.50. The zero-order valence-electron chi connectivity index (χ0n) is 12.2. The molecule has 0 aromatic rings. The number of thioether (sulfide) groups is 2. The summed E-state index contributed by atoms with van der Waals surface area (Å²) in [6.07, 6.45) is 8.21. The highest BCUT2D eigenvalue weighted by Crippen LogP contribution is 2.28. The molecule has 0 aromatic carbocycles. The van der Waals surface area contributed by atoms with Crippen molar-refractivity contribution in [1.29, 1.82) is 0 Å². The molecular weight excluding hydrogens is 262 g/mol. The summed E-state index contributed by atoms with van der Waals surface area (Å²) >= 11 is 3.87. The summed E-state index contributed by atoms with van der Waals surface area (Å²) < 4.78 is 0.245. The Hall–Kier alpha value is -0.0300. The molecule has 0 saturated heterocycles. The second-order valence-electron chi connectivity index (χ2n) is 5.40. The number of nitrogens with zero attached hydrogens (tertiary/aromatic N) is 1. The predicted molar refractivity (Wildman–Crippen MR) is 87.0 cm³/mol. The standard InChI is InChI=1S/C13H27N3S2/c1-13(2,18-5)9-15-12(14-3)16-10-6-7-11(8-10)17-4/h10-11H,6-9H2,1-5H3,(H2,14,15,16). The third kappa shape index (κ3) is 5.31. The van der Waals surface area contributed by atoms with Gasteiger partial charge >= 0.3 is 0 Å². The summed E-state index contributed by atoms with van der Waals surface area (Å²) in [6.45, 7) is 5.43. The summed E-state index contributed by atoms with van der Waals surface area (Å²) in [7, 11) is 1.85. The average Bonchev–Trinajstić information content (AvgIpc) is 2.82. The van der Waals surface area contributed by atoms with Crippen LogP contribution in [0, 0.1) is 0 Å². The van der Waals surface area contributed by atoms with Gasteiger partial charge in [0.1, 0.15) is 0 Å². The van der Waals surface area contributed by atoms with Crippen LogP contribution in [-0.2, 0) is 0 Å². The summed E-state index contributed by atoms with van der Waals surface area (Å²) in [4.78, 5) is 4.32. The molecule has 2 N–H and O–H groups in total. The van der Waals surface area contributed by atoms with Crippen molar-refractivity contribution in [1.82, 2.24) is 10.6 Å². The molecular formula is C13H27N3S2. The molecule has 18 heavy (non-hydrogen) atoms. The van der Waals surface area contributed by atoms with Crippen LogP contribution in [0.1, 0.15) is 33.1 Å². The first-order valence-corrected chi connectivity index (χ1v) is 9.07. The van der Waals surface area contributed by atoms with Gasteiger partial charge in [0, 0.05) is 29.6 Å². The molecule has 5 heteroatoms. The van der Waals surface area contributed by atoms with Crippen LogP contribution >= 0.6 is 23.5 Å². The lowest BCUT2D eigenvalue weighted by Gasteiger charge is -2.25. The third-order valence-corrected chi connectivity index (χ3v) is 5.86. The highest BCUT2D eigenvalue weighted by Gasteiger charge is 2.25. The van der Waals surface area contributed by atoms with Crippen molar-refractivity contribution in [2.45, 2.75) is 49.1 Å². The SMILES string of the molecule is CN=C(NCC(C)(C)SC)NC1CCC(SC)C1. The van der Waals surface area contributed by atoms with Gasteiger partial charge < -0.3 is 10.6 Å². The van der Waals surface area contributed by atoms with Crippen molar-refractivity contribution in [3.05, 3.63) is 0 Å². The summed E-state index contributed by atoms with van der Waals surface area (Å²) in [5, 5.41) is 7.80. The van der Waals surface area contributed by atoms with E-state index in [1.807, 2.05) is 30.6 Å². The molecule has 0 aromatic heterocycles. The number of hydrogen-bond acceptors (Lipinski definition) is 3.